The number of hydrogen-bond donors (Lipinski definition) is 1. The number of thiazole rings is 1. The minimum Gasteiger partial charge on any atom is -0.328 e. The summed E-state index contributed by atoms with van der Waals surface area (Å²) < 4.78 is 28.2. The average Bonchev–Trinajstić information content (AvgIpc) is 3.40. The smallest absolute Gasteiger partial charge is 0.248 e. The van der Waals surface area contributed by atoms with E-state index in [1.165, 1.54) is 28.1 Å². The normalized spacial score (nSPS) is 18.9. The highest BCUT2D eigenvalue weighted by molar-refractivity contribution is 7.89. The Hall–Kier alpha value is -2.89. The summed E-state index contributed by atoms with van der Waals surface area (Å²) in [6, 6.07) is 7.91. The highest BCUT2D eigenvalue weighted by Gasteiger charge is 2.39. The van der Waals surface area contributed by atoms with Crippen LogP contribution >= 0.6 is 11.3 Å². The maximum Gasteiger partial charge on any atom is 0.248 e. The van der Waals surface area contributed by atoms with E-state index in [1.807, 2.05) is 0 Å². The molecule has 2 aliphatic rings. The fourth-order valence-corrected chi connectivity index (χ4v) is 7.29. The zero-order valence-electron chi connectivity index (χ0n) is 19.9. The summed E-state index contributed by atoms with van der Waals surface area (Å²) in [6.45, 7) is -0.0425. The van der Waals surface area contributed by atoms with Crippen LogP contribution in [0.2, 0.25) is 0 Å². The van der Waals surface area contributed by atoms with Crippen LogP contribution in [0.15, 0.2) is 53.0 Å². The summed E-state index contributed by atoms with van der Waals surface area (Å²) in [5, 5.41) is 5.84. The average molecular weight is 528 g/mol. The van der Waals surface area contributed by atoms with Gasteiger partial charge < -0.3 is 10.2 Å². The molecule has 2 aromatic heterocycles. The molecule has 11 heteroatoms. The van der Waals surface area contributed by atoms with Crippen molar-refractivity contribution in [1.29, 1.82) is 0 Å². The van der Waals surface area contributed by atoms with Gasteiger partial charge in [-0.2, -0.15) is 4.31 Å². The predicted molar refractivity (Wildman–Crippen MR) is 138 cm³/mol. The van der Waals surface area contributed by atoms with Crippen LogP contribution in [0.3, 0.4) is 0 Å². The SMILES string of the molecule is O=C(Nc1nccs1)[C@H](CC1CCCCC1)N1CCN(S(=O)(=O)c2cccc3cccnc23)CC1=O. The number of hydrogen-bond acceptors (Lipinski definition) is 7. The second kappa shape index (κ2) is 10.6. The van der Waals surface area contributed by atoms with Crippen molar-refractivity contribution in [2.75, 3.05) is 25.0 Å². The number of piperazine rings is 1. The first kappa shape index (κ1) is 24.8. The van der Waals surface area contributed by atoms with Gasteiger partial charge in [-0.15, -0.1) is 11.3 Å². The quantitative estimate of drug-likeness (QED) is 0.503. The molecule has 1 N–H and O–H groups in total. The number of para-hydroxylation sites is 1. The van der Waals surface area contributed by atoms with E-state index in [0.717, 1.165) is 31.1 Å². The molecular weight excluding hydrogens is 498 g/mol. The second-order valence-corrected chi connectivity index (χ2v) is 12.1. The number of nitrogens with one attached hydrogen (secondary N) is 1. The molecule has 1 aliphatic carbocycles. The lowest BCUT2D eigenvalue weighted by atomic mass is 9.84. The maximum atomic E-state index is 13.5. The summed E-state index contributed by atoms with van der Waals surface area (Å²) in [5.74, 6) is -0.270. The summed E-state index contributed by atoms with van der Waals surface area (Å²) in [4.78, 5) is 36.7. The zero-order valence-corrected chi connectivity index (χ0v) is 21.5. The predicted octanol–water partition coefficient (Wildman–Crippen LogP) is 3.50. The first-order valence-electron chi connectivity index (χ1n) is 12.3. The number of aromatic nitrogens is 2. The Morgan fingerprint density at radius 2 is 1.89 bits per heavy atom. The molecule has 0 radical (unpaired) electrons. The van der Waals surface area contributed by atoms with Crippen molar-refractivity contribution in [3.8, 4) is 0 Å². The summed E-state index contributed by atoms with van der Waals surface area (Å²) in [7, 11) is -3.94. The monoisotopic (exact) mass is 527 g/mol. The molecule has 9 nitrogen and oxygen atoms in total. The van der Waals surface area contributed by atoms with E-state index in [1.54, 1.807) is 46.9 Å². The molecule has 36 heavy (non-hydrogen) atoms. The van der Waals surface area contributed by atoms with Gasteiger partial charge in [0.15, 0.2) is 5.13 Å². The number of amides is 2. The van der Waals surface area contributed by atoms with Crippen LogP contribution in [0.25, 0.3) is 10.9 Å². The van der Waals surface area contributed by atoms with E-state index >= 15 is 0 Å². The van der Waals surface area contributed by atoms with Gasteiger partial charge in [-0.1, -0.05) is 50.3 Å². The molecule has 0 bridgehead atoms. The molecule has 1 saturated carbocycles. The molecular formula is C25H29N5O4S2. The fraction of sp³-hybridized carbons (Fsp3) is 0.440. The van der Waals surface area contributed by atoms with Crippen LogP contribution in [0, 0.1) is 5.92 Å². The van der Waals surface area contributed by atoms with Crippen LogP contribution in [0.4, 0.5) is 5.13 Å². The van der Waals surface area contributed by atoms with E-state index in [-0.39, 0.29) is 36.3 Å². The van der Waals surface area contributed by atoms with Gasteiger partial charge in [0, 0.05) is 36.2 Å². The zero-order chi connectivity index (χ0) is 25.1. The third kappa shape index (κ3) is 5.14. The van der Waals surface area contributed by atoms with Gasteiger partial charge >= 0.3 is 0 Å². The van der Waals surface area contributed by atoms with Crippen LogP contribution in [-0.4, -0.2) is 65.1 Å². The molecule has 5 rings (SSSR count). The summed E-state index contributed by atoms with van der Waals surface area (Å²) in [6.07, 6.45) is 9.28. The molecule has 1 saturated heterocycles. The second-order valence-electron chi connectivity index (χ2n) is 9.34. The molecule has 3 aromatic rings. The van der Waals surface area contributed by atoms with E-state index in [9.17, 15) is 18.0 Å². The number of anilines is 1. The molecule has 0 spiro atoms. The van der Waals surface area contributed by atoms with E-state index in [0.29, 0.717) is 23.0 Å². The van der Waals surface area contributed by atoms with E-state index in [2.05, 4.69) is 15.3 Å². The third-order valence-corrected chi connectivity index (χ3v) is 9.62. The summed E-state index contributed by atoms with van der Waals surface area (Å²) in [5.41, 5.74) is 0.382. The molecule has 1 aliphatic heterocycles. The van der Waals surface area contributed by atoms with Crippen LogP contribution < -0.4 is 5.32 Å². The minimum absolute atomic E-state index is 0.0853. The van der Waals surface area contributed by atoms with Crippen molar-refractivity contribution in [2.24, 2.45) is 5.92 Å². The molecule has 190 valence electrons. The largest absolute Gasteiger partial charge is 0.328 e. The fourth-order valence-electron chi connectivity index (χ4n) is 5.21. The first-order valence-corrected chi connectivity index (χ1v) is 14.6. The lowest BCUT2D eigenvalue weighted by Crippen LogP contribution is -2.58. The maximum absolute atomic E-state index is 13.5. The number of pyridine rings is 1. The van der Waals surface area contributed by atoms with Crippen molar-refractivity contribution in [1.82, 2.24) is 19.2 Å². The lowest BCUT2D eigenvalue weighted by molar-refractivity contribution is -0.142. The van der Waals surface area contributed by atoms with Crippen molar-refractivity contribution in [3.05, 3.63) is 48.1 Å². The number of carbonyl (C=O) groups excluding carboxylic acids is 2. The van der Waals surface area contributed by atoms with E-state index in [4.69, 9.17) is 0 Å². The van der Waals surface area contributed by atoms with Crippen LogP contribution in [0.1, 0.15) is 38.5 Å². The number of nitrogens with zero attached hydrogens (tertiary/aromatic N) is 4. The van der Waals surface area contributed by atoms with Gasteiger partial charge in [-0.05, 0) is 24.5 Å². The van der Waals surface area contributed by atoms with Gasteiger partial charge in [-0.3, -0.25) is 14.6 Å². The Kier molecular flexibility index (Phi) is 7.31. The Morgan fingerprint density at radius 3 is 2.64 bits per heavy atom. The number of benzene rings is 1. The Balaban J connectivity index is 1.36. The van der Waals surface area contributed by atoms with Crippen molar-refractivity contribution in [3.63, 3.8) is 0 Å². The van der Waals surface area contributed by atoms with Crippen molar-refractivity contribution in [2.45, 2.75) is 49.5 Å². The molecule has 0 unspecified atom stereocenters. The molecule has 1 atom stereocenters. The van der Waals surface area contributed by atoms with Gasteiger partial charge in [0.2, 0.25) is 21.8 Å². The standard InChI is InChI=1S/C25H29N5O4S2/c31-22-17-29(36(33,34)21-10-4-8-19-9-5-11-26-23(19)21)13-14-30(22)20(16-18-6-2-1-3-7-18)24(32)28-25-27-12-15-35-25/h4-5,8-12,15,18,20H,1-3,6-7,13-14,16-17H2,(H,27,28,32)/t20-/m0/s1. The van der Waals surface area contributed by atoms with Crippen LogP contribution in [-0.2, 0) is 19.6 Å². The third-order valence-electron chi connectivity index (χ3n) is 7.06. The van der Waals surface area contributed by atoms with Gasteiger partial charge in [0.1, 0.15) is 10.9 Å². The van der Waals surface area contributed by atoms with Crippen LogP contribution in [0.5, 0.6) is 0 Å². The number of sulfonamides is 1. The number of rotatable bonds is 7. The molecule has 2 amide bonds. The molecule has 3 heterocycles. The van der Waals surface area contributed by atoms with Crippen molar-refractivity contribution >= 4 is 49.2 Å². The molecule has 1 aromatic carbocycles. The highest BCUT2D eigenvalue weighted by atomic mass is 32.2. The van der Waals surface area contributed by atoms with Crippen molar-refractivity contribution < 1.29 is 18.0 Å². The van der Waals surface area contributed by atoms with E-state index < -0.39 is 16.1 Å². The first-order chi connectivity index (χ1) is 17.4. The van der Waals surface area contributed by atoms with Gasteiger partial charge in [-0.25, -0.2) is 13.4 Å². The Labute approximate surface area is 214 Å². The Morgan fingerprint density at radius 1 is 1.08 bits per heavy atom. The van der Waals surface area contributed by atoms with Gasteiger partial charge in [0.05, 0.1) is 12.1 Å². The minimum atomic E-state index is -3.94. The Bertz CT molecular complexity index is 1330. The topological polar surface area (TPSA) is 113 Å². The lowest BCUT2D eigenvalue weighted by Gasteiger charge is -2.39. The highest BCUT2D eigenvalue weighted by Crippen LogP contribution is 2.31. The summed E-state index contributed by atoms with van der Waals surface area (Å²) >= 11 is 1.32. The number of carbonyl (C=O) groups is 2. The van der Waals surface area contributed by atoms with Gasteiger partial charge in [0.25, 0.3) is 0 Å². The number of fused-ring (bicyclic) bond motifs is 1. The molecule has 2 fully saturated rings.